The molecule has 0 aliphatic carbocycles. The van der Waals surface area contributed by atoms with E-state index in [4.69, 9.17) is 4.74 Å². The Morgan fingerprint density at radius 2 is 0.794 bits per heavy atom. The van der Waals surface area contributed by atoms with Gasteiger partial charge in [-0.25, -0.2) is 0 Å². The minimum absolute atomic E-state index is 0.226. The average molecular weight is 839 g/mol. The van der Waals surface area contributed by atoms with Crippen LogP contribution in [-0.2, 0) is 4.57 Å². The normalized spacial score (nSPS) is 12.0. The van der Waals surface area contributed by atoms with Gasteiger partial charge in [-0.05, 0) is 128 Å². The molecule has 0 aliphatic heterocycles. The minimum Gasteiger partial charge on any atom is -0.508 e. The summed E-state index contributed by atoms with van der Waals surface area (Å²) in [5.74, 6) is 1.57. The maximum atomic E-state index is 15.0. The molecule has 0 bridgehead atoms. The fourth-order valence-corrected chi connectivity index (χ4v) is 10.7. The van der Waals surface area contributed by atoms with Crippen LogP contribution in [0, 0.1) is 20.8 Å². The van der Waals surface area contributed by atoms with Crippen LogP contribution >= 0.6 is 7.14 Å². The van der Waals surface area contributed by atoms with Crippen molar-refractivity contribution in [3.63, 3.8) is 0 Å². The molecule has 5 nitrogen and oxygen atoms in total. The zero-order chi connectivity index (χ0) is 43.3. The van der Waals surface area contributed by atoms with E-state index in [1.54, 1.807) is 6.07 Å². The smallest absolute Gasteiger partial charge is 0.171 e. The van der Waals surface area contributed by atoms with Crippen LogP contribution < -0.4 is 30.5 Å². The van der Waals surface area contributed by atoms with Gasteiger partial charge in [0.25, 0.3) is 0 Å². The fraction of sp³-hybridized carbons (Fsp3) is 0.0526. The molecule has 9 aromatic rings. The van der Waals surface area contributed by atoms with Gasteiger partial charge >= 0.3 is 0 Å². The first-order valence-corrected chi connectivity index (χ1v) is 22.8. The number of hydrogen-bond donors (Lipinski definition) is 1. The Morgan fingerprint density at radius 1 is 0.397 bits per heavy atom. The monoisotopic (exact) mass is 838 g/mol. The quantitative estimate of drug-likeness (QED) is 0.124. The molecule has 1 N–H and O–H groups in total. The molecule has 0 aromatic heterocycles. The van der Waals surface area contributed by atoms with E-state index in [0.717, 1.165) is 77.9 Å². The van der Waals surface area contributed by atoms with E-state index in [1.807, 2.05) is 128 Å². The van der Waals surface area contributed by atoms with Crippen LogP contribution in [0.15, 0.2) is 224 Å². The highest BCUT2D eigenvalue weighted by molar-refractivity contribution is 7.85. The van der Waals surface area contributed by atoms with Crippen LogP contribution in [-0.4, -0.2) is 5.11 Å². The number of ether oxygens (including phenoxy) is 1. The van der Waals surface area contributed by atoms with Gasteiger partial charge in [-0.3, -0.25) is 0 Å². The summed E-state index contributed by atoms with van der Waals surface area (Å²) >= 11 is 0. The van der Waals surface area contributed by atoms with Crippen molar-refractivity contribution in [3.05, 3.63) is 241 Å². The predicted octanol–water partition coefficient (Wildman–Crippen LogP) is 14.4. The minimum atomic E-state index is -3.12. The molecule has 1 unspecified atom stereocenters. The summed E-state index contributed by atoms with van der Waals surface area (Å²) in [6.45, 7) is 6.21. The second-order valence-corrected chi connectivity index (χ2v) is 18.5. The van der Waals surface area contributed by atoms with E-state index in [2.05, 4.69) is 121 Å². The van der Waals surface area contributed by atoms with E-state index >= 15 is 4.57 Å². The molecule has 63 heavy (non-hydrogen) atoms. The summed E-state index contributed by atoms with van der Waals surface area (Å²) < 4.78 is 21.6. The standard InChI is InChI=1S/C57H47N2O3P/c1-41-19-35-54(36-20-41)63(61,53-17-11-6-12-18-53)55-37-33-51(34-38-55)62-52-32-22-43(3)57(40-52)59(47-15-9-5-10-16-47)49-29-25-45(26-30-49)44-23-27-48(28-24-44)58(46-13-7-4-8-14-46)56-39-50(60)31-21-42(56)2/h4-40,60H,1-3H3. The van der Waals surface area contributed by atoms with Crippen molar-refractivity contribution in [2.75, 3.05) is 9.80 Å². The number of para-hydroxylation sites is 2. The van der Waals surface area contributed by atoms with Gasteiger partial charge in [0.2, 0.25) is 0 Å². The molecular formula is C57H47N2O3P. The number of rotatable bonds is 12. The number of aryl methyl sites for hydroxylation is 3. The van der Waals surface area contributed by atoms with Crippen molar-refractivity contribution in [2.45, 2.75) is 20.8 Å². The van der Waals surface area contributed by atoms with Gasteiger partial charge in [0.1, 0.15) is 17.2 Å². The molecule has 0 heterocycles. The topological polar surface area (TPSA) is 53.0 Å². The number of phenols is 1. The molecule has 9 aromatic carbocycles. The summed E-state index contributed by atoms with van der Waals surface area (Å²) in [6.07, 6.45) is 0. The van der Waals surface area contributed by atoms with E-state index < -0.39 is 7.14 Å². The zero-order valence-electron chi connectivity index (χ0n) is 35.5. The second kappa shape index (κ2) is 17.8. The molecule has 0 saturated carbocycles. The van der Waals surface area contributed by atoms with Crippen LogP contribution in [0.5, 0.6) is 17.2 Å². The molecule has 6 heteroatoms. The molecule has 0 radical (unpaired) electrons. The molecule has 1 atom stereocenters. The Labute approximate surface area is 370 Å². The van der Waals surface area contributed by atoms with Crippen molar-refractivity contribution >= 4 is 57.2 Å². The van der Waals surface area contributed by atoms with Gasteiger partial charge in [-0.15, -0.1) is 0 Å². The summed E-state index contributed by atoms with van der Waals surface area (Å²) in [5.41, 5.74) is 11.4. The third kappa shape index (κ3) is 8.52. The van der Waals surface area contributed by atoms with Crippen molar-refractivity contribution < 1.29 is 14.4 Å². The first kappa shape index (κ1) is 40.8. The molecule has 0 spiro atoms. The molecular weight excluding hydrogens is 792 g/mol. The molecule has 0 fully saturated rings. The SMILES string of the molecule is Cc1ccc(P(=O)(c2ccccc2)c2ccc(Oc3ccc(C)c(N(c4ccccc4)c4ccc(-c5ccc(N(c6ccccc6)c6cc(O)ccc6C)cc5)cc4)c3)cc2)cc1. The van der Waals surface area contributed by atoms with Gasteiger partial charge in [-0.1, -0.05) is 133 Å². The number of benzene rings is 9. The van der Waals surface area contributed by atoms with Crippen LogP contribution in [0.25, 0.3) is 11.1 Å². The van der Waals surface area contributed by atoms with E-state index in [1.165, 1.54) is 0 Å². The molecule has 9 rings (SSSR count). The molecule has 0 saturated heterocycles. The fourth-order valence-electron chi connectivity index (χ4n) is 8.05. The predicted molar refractivity (Wildman–Crippen MR) is 263 cm³/mol. The highest BCUT2D eigenvalue weighted by atomic mass is 31.2. The first-order valence-electron chi connectivity index (χ1n) is 21.1. The Hall–Kier alpha value is -7.59. The van der Waals surface area contributed by atoms with Crippen molar-refractivity contribution in [3.8, 4) is 28.4 Å². The van der Waals surface area contributed by atoms with E-state index in [9.17, 15) is 5.11 Å². The van der Waals surface area contributed by atoms with Crippen LogP contribution in [0.4, 0.5) is 34.1 Å². The lowest BCUT2D eigenvalue weighted by Gasteiger charge is -2.28. The van der Waals surface area contributed by atoms with Gasteiger partial charge in [0.05, 0.1) is 11.4 Å². The third-order valence-electron chi connectivity index (χ3n) is 11.4. The van der Waals surface area contributed by atoms with Crippen LogP contribution in [0.2, 0.25) is 0 Å². The first-order chi connectivity index (χ1) is 30.7. The Balaban J connectivity index is 0.998. The highest BCUT2D eigenvalue weighted by Crippen LogP contribution is 2.44. The maximum absolute atomic E-state index is 15.0. The van der Waals surface area contributed by atoms with E-state index in [0.29, 0.717) is 11.5 Å². The summed E-state index contributed by atoms with van der Waals surface area (Å²) in [7, 11) is -3.12. The van der Waals surface area contributed by atoms with E-state index in [-0.39, 0.29) is 5.75 Å². The number of aromatic hydroxyl groups is 1. The Kier molecular flexibility index (Phi) is 11.5. The lowest BCUT2D eigenvalue weighted by atomic mass is 10.0. The molecule has 0 amide bonds. The van der Waals surface area contributed by atoms with Gasteiger partial charge in [-0.2, -0.15) is 0 Å². The van der Waals surface area contributed by atoms with Crippen LogP contribution in [0.1, 0.15) is 16.7 Å². The van der Waals surface area contributed by atoms with Gasteiger partial charge < -0.3 is 24.2 Å². The largest absolute Gasteiger partial charge is 0.508 e. The maximum Gasteiger partial charge on any atom is 0.171 e. The number of nitrogens with zero attached hydrogens (tertiary/aromatic N) is 2. The third-order valence-corrected chi connectivity index (χ3v) is 14.5. The van der Waals surface area contributed by atoms with Crippen molar-refractivity contribution in [2.24, 2.45) is 0 Å². The van der Waals surface area contributed by atoms with Crippen molar-refractivity contribution in [1.29, 1.82) is 0 Å². The molecule has 308 valence electrons. The zero-order valence-corrected chi connectivity index (χ0v) is 36.4. The van der Waals surface area contributed by atoms with Crippen molar-refractivity contribution in [1.82, 2.24) is 0 Å². The lowest BCUT2D eigenvalue weighted by molar-refractivity contribution is 0.475. The highest BCUT2D eigenvalue weighted by Gasteiger charge is 2.29. The second-order valence-electron chi connectivity index (χ2n) is 15.7. The van der Waals surface area contributed by atoms with Gasteiger partial charge in [0.15, 0.2) is 7.14 Å². The van der Waals surface area contributed by atoms with Gasteiger partial charge in [0, 0.05) is 50.8 Å². The summed E-state index contributed by atoms with van der Waals surface area (Å²) in [4.78, 5) is 4.43. The van der Waals surface area contributed by atoms with Crippen LogP contribution in [0.3, 0.4) is 0 Å². The Bertz CT molecular complexity index is 3010. The number of anilines is 6. The summed E-state index contributed by atoms with van der Waals surface area (Å²) in [5, 5.41) is 12.8. The summed E-state index contributed by atoms with van der Waals surface area (Å²) in [6, 6.07) is 74.8. The average Bonchev–Trinajstić information content (AvgIpc) is 3.33. The molecule has 0 aliphatic rings. The number of hydrogen-bond acceptors (Lipinski definition) is 5. The lowest BCUT2D eigenvalue weighted by Crippen LogP contribution is -2.24. The Morgan fingerprint density at radius 3 is 1.30 bits per heavy atom. The number of phenolic OH excluding ortho intramolecular Hbond substituents is 1.